The lowest BCUT2D eigenvalue weighted by Crippen LogP contribution is -2.14. The lowest BCUT2D eigenvalue weighted by Gasteiger charge is -2.05. The van der Waals surface area contributed by atoms with E-state index in [0.29, 0.717) is 17.2 Å². The number of amides is 1. The minimum atomic E-state index is -0.426. The van der Waals surface area contributed by atoms with Crippen molar-refractivity contribution in [3.63, 3.8) is 0 Å². The van der Waals surface area contributed by atoms with Crippen LogP contribution in [0.1, 0.15) is 18.9 Å². The second-order valence-corrected chi connectivity index (χ2v) is 6.42. The molecule has 4 nitrogen and oxygen atoms in total. The maximum atomic E-state index is 13.8. The molecule has 0 bridgehead atoms. The summed E-state index contributed by atoms with van der Waals surface area (Å²) in [6, 6.07) is 4.74. The number of hydrogen-bond acceptors (Lipinski definition) is 4. The number of benzene rings is 1. The van der Waals surface area contributed by atoms with Crippen LogP contribution in [0.4, 0.5) is 9.39 Å². The molecule has 1 aliphatic carbocycles. The summed E-state index contributed by atoms with van der Waals surface area (Å²) < 4.78 is 23.1. The molecule has 1 saturated carbocycles. The molecular formula is C16H17FN2O2S. The van der Waals surface area contributed by atoms with Crippen molar-refractivity contribution in [2.24, 2.45) is 11.8 Å². The second-order valence-electron chi connectivity index (χ2n) is 5.64. The Morgan fingerprint density at radius 1 is 1.50 bits per heavy atom. The maximum Gasteiger partial charge on any atom is 0.228 e. The molecule has 1 amide bonds. The summed E-state index contributed by atoms with van der Waals surface area (Å²) in [5, 5.41) is 3.66. The highest BCUT2D eigenvalue weighted by molar-refractivity contribution is 7.10. The van der Waals surface area contributed by atoms with E-state index in [1.807, 2.05) is 6.92 Å². The monoisotopic (exact) mass is 320 g/mol. The Morgan fingerprint density at radius 3 is 2.82 bits per heavy atom. The average molecular weight is 320 g/mol. The van der Waals surface area contributed by atoms with E-state index in [-0.39, 0.29) is 17.6 Å². The SMILES string of the molecule is COc1ccc(-c2nsc(NC(=O)[C@@H]3CC3C)c2C)cc1F. The number of rotatable bonds is 4. The van der Waals surface area contributed by atoms with Gasteiger partial charge in [0.05, 0.1) is 12.8 Å². The summed E-state index contributed by atoms with van der Waals surface area (Å²) in [4.78, 5) is 12.0. The minimum Gasteiger partial charge on any atom is -0.494 e. The Balaban J connectivity index is 1.83. The van der Waals surface area contributed by atoms with Crippen LogP contribution in [0, 0.1) is 24.6 Å². The molecule has 2 aromatic rings. The van der Waals surface area contributed by atoms with Crippen LogP contribution in [0.3, 0.4) is 0 Å². The zero-order chi connectivity index (χ0) is 15.9. The van der Waals surface area contributed by atoms with Crippen LogP contribution in [0.15, 0.2) is 18.2 Å². The van der Waals surface area contributed by atoms with Gasteiger partial charge >= 0.3 is 0 Å². The number of methoxy groups -OCH3 is 1. The lowest BCUT2D eigenvalue weighted by atomic mass is 10.1. The summed E-state index contributed by atoms with van der Waals surface area (Å²) in [7, 11) is 1.43. The molecule has 1 aromatic carbocycles. The zero-order valence-electron chi connectivity index (χ0n) is 12.6. The molecule has 2 atom stereocenters. The fourth-order valence-corrected chi connectivity index (χ4v) is 3.23. The lowest BCUT2D eigenvalue weighted by molar-refractivity contribution is -0.117. The third kappa shape index (κ3) is 2.70. The maximum absolute atomic E-state index is 13.8. The number of nitrogens with one attached hydrogen (secondary N) is 1. The highest BCUT2D eigenvalue weighted by atomic mass is 32.1. The van der Waals surface area contributed by atoms with Crippen LogP contribution in [0.2, 0.25) is 0 Å². The normalized spacial score (nSPS) is 19.8. The molecular weight excluding hydrogens is 303 g/mol. The van der Waals surface area contributed by atoms with Gasteiger partial charge in [-0.05, 0) is 49.0 Å². The molecule has 0 spiro atoms. The Morgan fingerprint density at radius 2 is 2.23 bits per heavy atom. The molecule has 1 aromatic heterocycles. The summed E-state index contributed by atoms with van der Waals surface area (Å²) >= 11 is 1.23. The predicted octanol–water partition coefficient (Wildman–Crippen LogP) is 3.86. The van der Waals surface area contributed by atoms with E-state index in [4.69, 9.17) is 4.74 Å². The fourth-order valence-electron chi connectivity index (χ4n) is 2.43. The van der Waals surface area contributed by atoms with E-state index < -0.39 is 5.82 Å². The molecule has 6 heteroatoms. The Bertz CT molecular complexity index is 729. The van der Waals surface area contributed by atoms with E-state index in [1.165, 1.54) is 24.7 Å². The third-order valence-electron chi connectivity index (χ3n) is 4.03. The number of anilines is 1. The summed E-state index contributed by atoms with van der Waals surface area (Å²) in [5.41, 5.74) is 2.22. The quantitative estimate of drug-likeness (QED) is 0.930. The molecule has 1 heterocycles. The van der Waals surface area contributed by atoms with E-state index in [0.717, 1.165) is 17.0 Å². The Labute approximate surface area is 132 Å². The first-order chi connectivity index (χ1) is 10.5. The number of nitrogens with zero attached hydrogens (tertiary/aromatic N) is 1. The van der Waals surface area contributed by atoms with Crippen molar-refractivity contribution < 1.29 is 13.9 Å². The van der Waals surface area contributed by atoms with E-state index in [2.05, 4.69) is 16.6 Å². The highest BCUT2D eigenvalue weighted by Gasteiger charge is 2.39. The summed E-state index contributed by atoms with van der Waals surface area (Å²) in [5.74, 6) is 0.399. The standard InChI is InChI=1S/C16H17FN2O2S/c1-8-6-11(8)15(20)18-16-9(2)14(19-22-16)10-4-5-13(21-3)12(17)7-10/h4-5,7-8,11H,6H2,1-3H3,(H,18,20)/t8?,11-/m1/s1. The number of aromatic nitrogens is 1. The number of carbonyl (C=O) groups excluding carboxylic acids is 1. The number of hydrogen-bond donors (Lipinski definition) is 1. The van der Waals surface area contributed by atoms with Gasteiger partial charge in [-0.2, -0.15) is 4.37 Å². The minimum absolute atomic E-state index is 0.0479. The van der Waals surface area contributed by atoms with Crippen LogP contribution < -0.4 is 10.1 Å². The first kappa shape index (κ1) is 15.0. The second kappa shape index (κ2) is 5.68. The molecule has 116 valence electrons. The van der Waals surface area contributed by atoms with Crippen LogP contribution in [-0.2, 0) is 4.79 Å². The number of ether oxygens (including phenoxy) is 1. The topological polar surface area (TPSA) is 51.2 Å². The smallest absolute Gasteiger partial charge is 0.228 e. The van der Waals surface area contributed by atoms with Crippen molar-refractivity contribution in [1.29, 1.82) is 0 Å². The zero-order valence-corrected chi connectivity index (χ0v) is 13.5. The van der Waals surface area contributed by atoms with Crippen molar-refractivity contribution in [1.82, 2.24) is 4.37 Å². The van der Waals surface area contributed by atoms with E-state index in [9.17, 15) is 9.18 Å². The van der Waals surface area contributed by atoms with Gasteiger partial charge in [0.2, 0.25) is 5.91 Å². The molecule has 1 fully saturated rings. The van der Waals surface area contributed by atoms with Gasteiger partial charge in [0.25, 0.3) is 0 Å². The molecule has 0 radical (unpaired) electrons. The fraction of sp³-hybridized carbons (Fsp3) is 0.375. The third-order valence-corrected chi connectivity index (χ3v) is 4.90. The number of halogens is 1. The van der Waals surface area contributed by atoms with Gasteiger partial charge in [-0.25, -0.2) is 4.39 Å². The Hall–Kier alpha value is -1.95. The van der Waals surface area contributed by atoms with E-state index in [1.54, 1.807) is 12.1 Å². The average Bonchev–Trinajstić information content (AvgIpc) is 3.12. The van der Waals surface area contributed by atoms with Gasteiger partial charge in [-0.3, -0.25) is 4.79 Å². The Kier molecular flexibility index (Phi) is 3.87. The first-order valence-electron chi connectivity index (χ1n) is 7.12. The van der Waals surface area contributed by atoms with E-state index >= 15 is 0 Å². The predicted molar refractivity (Wildman–Crippen MR) is 84.7 cm³/mol. The van der Waals surface area contributed by atoms with Gasteiger partial charge in [0, 0.05) is 17.0 Å². The molecule has 22 heavy (non-hydrogen) atoms. The van der Waals surface area contributed by atoms with Crippen LogP contribution in [-0.4, -0.2) is 17.4 Å². The van der Waals surface area contributed by atoms with Crippen molar-refractivity contribution >= 4 is 22.4 Å². The van der Waals surface area contributed by atoms with Gasteiger partial charge < -0.3 is 10.1 Å². The van der Waals surface area contributed by atoms with Crippen LogP contribution >= 0.6 is 11.5 Å². The summed E-state index contributed by atoms with van der Waals surface area (Å²) in [6.07, 6.45) is 0.945. The molecule has 1 N–H and O–H groups in total. The van der Waals surface area contributed by atoms with Gasteiger partial charge in [-0.15, -0.1) is 0 Å². The number of carbonyl (C=O) groups is 1. The van der Waals surface area contributed by atoms with Gasteiger partial charge in [0.15, 0.2) is 11.6 Å². The summed E-state index contributed by atoms with van der Waals surface area (Å²) in [6.45, 7) is 3.95. The first-order valence-corrected chi connectivity index (χ1v) is 7.89. The van der Waals surface area contributed by atoms with Crippen LogP contribution in [0.5, 0.6) is 5.75 Å². The van der Waals surface area contributed by atoms with Crippen molar-refractivity contribution in [2.75, 3.05) is 12.4 Å². The van der Waals surface area contributed by atoms with Crippen molar-refractivity contribution in [3.05, 3.63) is 29.6 Å². The van der Waals surface area contributed by atoms with Crippen molar-refractivity contribution in [2.45, 2.75) is 20.3 Å². The van der Waals surface area contributed by atoms with Crippen molar-refractivity contribution in [3.8, 4) is 17.0 Å². The highest BCUT2D eigenvalue weighted by Crippen LogP contribution is 2.40. The van der Waals surface area contributed by atoms with Gasteiger partial charge in [-0.1, -0.05) is 6.92 Å². The molecule has 0 aliphatic heterocycles. The molecule has 1 aliphatic rings. The largest absolute Gasteiger partial charge is 0.494 e. The van der Waals surface area contributed by atoms with Crippen LogP contribution in [0.25, 0.3) is 11.3 Å². The molecule has 0 saturated heterocycles. The molecule has 1 unspecified atom stereocenters. The molecule has 3 rings (SSSR count). The van der Waals surface area contributed by atoms with Gasteiger partial charge in [0.1, 0.15) is 5.00 Å².